The van der Waals surface area contributed by atoms with Gasteiger partial charge in [-0.25, -0.2) is 9.59 Å². The Balaban J connectivity index is 2.38. The first-order chi connectivity index (χ1) is 11.8. The second-order valence-corrected chi connectivity index (χ2v) is 5.70. The fourth-order valence-electron chi connectivity index (χ4n) is 2.04. The van der Waals surface area contributed by atoms with E-state index in [1.807, 2.05) is 0 Å². The molecule has 0 bridgehead atoms. The Morgan fingerprint density at radius 3 is 1.92 bits per heavy atom. The molecule has 0 aromatic heterocycles. The highest BCUT2D eigenvalue weighted by Crippen LogP contribution is 2.23. The molecule has 2 aromatic carbocycles. The lowest BCUT2D eigenvalue weighted by molar-refractivity contribution is 0.0599. The average Bonchev–Trinajstić information content (AvgIpc) is 2.59. The van der Waals surface area contributed by atoms with E-state index in [0.29, 0.717) is 5.02 Å². The van der Waals surface area contributed by atoms with Crippen molar-refractivity contribution < 1.29 is 23.9 Å². The molecule has 0 unspecified atom stereocenters. The summed E-state index contributed by atoms with van der Waals surface area (Å²) in [5.41, 5.74) is 0.569. The number of esters is 2. The average molecular weight is 382 g/mol. The Bertz CT molecular complexity index is 817. The molecule has 0 spiro atoms. The van der Waals surface area contributed by atoms with E-state index in [9.17, 15) is 14.4 Å². The van der Waals surface area contributed by atoms with Crippen LogP contribution in [0.2, 0.25) is 10.0 Å². The molecule has 2 aromatic rings. The zero-order chi connectivity index (χ0) is 18.6. The molecule has 1 N–H and O–H groups in total. The first-order valence-corrected chi connectivity index (χ1v) is 7.69. The molecule has 8 heteroatoms. The lowest BCUT2D eigenvalue weighted by atomic mass is 10.1. The predicted octanol–water partition coefficient (Wildman–Crippen LogP) is 3.82. The zero-order valence-electron chi connectivity index (χ0n) is 13.3. The number of benzene rings is 2. The van der Waals surface area contributed by atoms with Gasteiger partial charge in [-0.1, -0.05) is 23.2 Å². The highest BCUT2D eigenvalue weighted by Gasteiger charge is 2.16. The highest BCUT2D eigenvalue weighted by atomic mass is 35.5. The van der Waals surface area contributed by atoms with Gasteiger partial charge in [0.15, 0.2) is 0 Å². The quantitative estimate of drug-likeness (QED) is 0.814. The van der Waals surface area contributed by atoms with Crippen LogP contribution >= 0.6 is 23.2 Å². The maximum atomic E-state index is 12.4. The number of carbonyl (C=O) groups is 3. The van der Waals surface area contributed by atoms with Crippen LogP contribution in [0.4, 0.5) is 5.69 Å². The van der Waals surface area contributed by atoms with Crippen LogP contribution in [0.5, 0.6) is 0 Å². The lowest BCUT2D eigenvalue weighted by Crippen LogP contribution is -2.14. The van der Waals surface area contributed by atoms with Crippen molar-refractivity contribution in [3.05, 3.63) is 63.1 Å². The van der Waals surface area contributed by atoms with Gasteiger partial charge in [-0.05, 0) is 36.4 Å². The van der Waals surface area contributed by atoms with Gasteiger partial charge in [-0.15, -0.1) is 0 Å². The van der Waals surface area contributed by atoms with Crippen LogP contribution < -0.4 is 5.32 Å². The van der Waals surface area contributed by atoms with Crippen molar-refractivity contribution in [3.8, 4) is 0 Å². The summed E-state index contributed by atoms with van der Waals surface area (Å²) in [6.45, 7) is 0. The molecule has 0 saturated heterocycles. The number of hydrogen-bond donors (Lipinski definition) is 1. The van der Waals surface area contributed by atoms with Gasteiger partial charge in [0.05, 0.1) is 35.9 Å². The molecular formula is C17H13Cl2NO5. The van der Waals surface area contributed by atoms with Crippen molar-refractivity contribution >= 4 is 46.7 Å². The molecule has 0 saturated carbocycles. The predicted molar refractivity (Wildman–Crippen MR) is 93.5 cm³/mol. The Hall–Kier alpha value is -2.57. The molecule has 0 aliphatic heterocycles. The van der Waals surface area contributed by atoms with Crippen LogP contribution in [0.3, 0.4) is 0 Å². The van der Waals surface area contributed by atoms with Gasteiger partial charge in [0.1, 0.15) is 0 Å². The Labute approximate surface area is 153 Å². The SMILES string of the molecule is COC(=O)c1cc(NC(=O)c2ccc(Cl)cc2Cl)cc(C(=O)OC)c1. The summed E-state index contributed by atoms with van der Waals surface area (Å²) in [6, 6.07) is 8.48. The minimum absolute atomic E-state index is 0.0860. The van der Waals surface area contributed by atoms with Gasteiger partial charge in [-0.3, -0.25) is 4.79 Å². The fourth-order valence-corrected chi connectivity index (χ4v) is 2.54. The molecule has 0 aliphatic carbocycles. The third-order valence-electron chi connectivity index (χ3n) is 3.21. The summed E-state index contributed by atoms with van der Waals surface area (Å²) in [5.74, 6) is -1.85. The highest BCUT2D eigenvalue weighted by molar-refractivity contribution is 6.37. The van der Waals surface area contributed by atoms with Crippen LogP contribution in [-0.4, -0.2) is 32.1 Å². The molecule has 25 heavy (non-hydrogen) atoms. The van der Waals surface area contributed by atoms with Crippen LogP contribution in [0.1, 0.15) is 31.1 Å². The van der Waals surface area contributed by atoms with Crippen molar-refractivity contribution in [2.75, 3.05) is 19.5 Å². The molecule has 1 amide bonds. The molecule has 0 atom stereocenters. The molecular weight excluding hydrogens is 369 g/mol. The van der Waals surface area contributed by atoms with E-state index in [2.05, 4.69) is 14.8 Å². The molecule has 6 nitrogen and oxygen atoms in total. The first-order valence-electron chi connectivity index (χ1n) is 6.94. The smallest absolute Gasteiger partial charge is 0.337 e. The van der Waals surface area contributed by atoms with Crippen molar-refractivity contribution in [3.63, 3.8) is 0 Å². The minimum atomic E-state index is -0.661. The van der Waals surface area contributed by atoms with E-state index in [1.165, 1.54) is 50.6 Å². The van der Waals surface area contributed by atoms with E-state index >= 15 is 0 Å². The summed E-state index contributed by atoms with van der Waals surface area (Å²) in [5, 5.41) is 3.13. The fraction of sp³-hybridized carbons (Fsp3) is 0.118. The van der Waals surface area contributed by atoms with Gasteiger partial charge in [-0.2, -0.15) is 0 Å². The lowest BCUT2D eigenvalue weighted by Gasteiger charge is -2.10. The van der Waals surface area contributed by atoms with Gasteiger partial charge >= 0.3 is 11.9 Å². The third-order valence-corrected chi connectivity index (χ3v) is 3.76. The zero-order valence-corrected chi connectivity index (χ0v) is 14.8. The molecule has 130 valence electrons. The standard InChI is InChI=1S/C17H13Cl2NO5/c1-24-16(22)9-5-10(17(23)25-2)7-12(6-9)20-15(21)13-4-3-11(18)8-14(13)19/h3-8H,1-2H3,(H,20,21). The first kappa shape index (κ1) is 18.8. The molecule has 2 rings (SSSR count). The van der Waals surface area contributed by atoms with Crippen molar-refractivity contribution in [2.45, 2.75) is 0 Å². The Morgan fingerprint density at radius 2 is 1.44 bits per heavy atom. The maximum Gasteiger partial charge on any atom is 0.337 e. The number of anilines is 1. The van der Waals surface area contributed by atoms with Gasteiger partial charge in [0.25, 0.3) is 5.91 Å². The normalized spacial score (nSPS) is 10.1. The van der Waals surface area contributed by atoms with Crippen molar-refractivity contribution in [1.82, 2.24) is 0 Å². The summed E-state index contributed by atoms with van der Waals surface area (Å²) in [4.78, 5) is 35.9. The number of halogens is 2. The number of carbonyl (C=O) groups excluding carboxylic acids is 3. The van der Waals surface area contributed by atoms with Crippen LogP contribution in [-0.2, 0) is 9.47 Å². The number of nitrogens with one attached hydrogen (secondary N) is 1. The topological polar surface area (TPSA) is 81.7 Å². The van der Waals surface area contributed by atoms with Gasteiger partial charge in [0, 0.05) is 10.7 Å². The number of rotatable bonds is 4. The minimum Gasteiger partial charge on any atom is -0.465 e. The summed E-state index contributed by atoms with van der Waals surface area (Å²) >= 11 is 11.8. The van der Waals surface area contributed by atoms with E-state index < -0.39 is 17.8 Å². The second-order valence-electron chi connectivity index (χ2n) is 4.86. The van der Waals surface area contributed by atoms with E-state index in [0.717, 1.165) is 0 Å². The Kier molecular flexibility index (Phi) is 6.01. The second kappa shape index (κ2) is 8.00. The van der Waals surface area contributed by atoms with Crippen LogP contribution in [0, 0.1) is 0 Å². The number of ether oxygens (including phenoxy) is 2. The van der Waals surface area contributed by atoms with E-state index in [1.54, 1.807) is 0 Å². The van der Waals surface area contributed by atoms with Gasteiger partial charge in [0.2, 0.25) is 0 Å². The van der Waals surface area contributed by atoms with Crippen LogP contribution in [0.25, 0.3) is 0 Å². The van der Waals surface area contributed by atoms with Crippen LogP contribution in [0.15, 0.2) is 36.4 Å². The number of hydrogen-bond acceptors (Lipinski definition) is 5. The monoisotopic (exact) mass is 381 g/mol. The van der Waals surface area contributed by atoms with E-state index in [-0.39, 0.29) is 27.4 Å². The maximum absolute atomic E-state index is 12.4. The molecule has 0 aliphatic rings. The molecule has 0 heterocycles. The number of amides is 1. The summed E-state index contributed by atoms with van der Waals surface area (Å²) < 4.78 is 9.28. The Morgan fingerprint density at radius 1 is 0.880 bits per heavy atom. The molecule has 0 fully saturated rings. The third kappa shape index (κ3) is 4.49. The van der Waals surface area contributed by atoms with Crippen molar-refractivity contribution in [1.29, 1.82) is 0 Å². The summed E-state index contributed by atoms with van der Waals surface area (Å²) in [7, 11) is 2.41. The largest absolute Gasteiger partial charge is 0.465 e. The molecule has 0 radical (unpaired) electrons. The van der Waals surface area contributed by atoms with Crippen molar-refractivity contribution in [2.24, 2.45) is 0 Å². The summed E-state index contributed by atoms with van der Waals surface area (Å²) in [6.07, 6.45) is 0. The van der Waals surface area contributed by atoms with E-state index in [4.69, 9.17) is 23.2 Å². The van der Waals surface area contributed by atoms with Gasteiger partial charge < -0.3 is 14.8 Å². The number of methoxy groups -OCH3 is 2.